The van der Waals surface area contributed by atoms with Crippen LogP contribution in [0.4, 0.5) is 5.13 Å². The predicted molar refractivity (Wildman–Crippen MR) is 71.1 cm³/mol. The van der Waals surface area contributed by atoms with Crippen LogP contribution in [0.5, 0.6) is 0 Å². The summed E-state index contributed by atoms with van der Waals surface area (Å²) in [6.07, 6.45) is 4.28. The molecule has 100 valence electrons. The number of aromatic nitrogens is 2. The summed E-state index contributed by atoms with van der Waals surface area (Å²) < 4.78 is 4.34. The number of rotatable bonds is 5. The molecule has 1 atom stereocenters. The zero-order valence-corrected chi connectivity index (χ0v) is 11.4. The molecule has 18 heavy (non-hydrogen) atoms. The molecule has 0 aliphatic carbocycles. The van der Waals surface area contributed by atoms with Crippen LogP contribution in [-0.2, 0) is 11.2 Å². The smallest absolute Gasteiger partial charge is 0.303 e. The first-order valence-electron chi connectivity index (χ1n) is 6.48. The fourth-order valence-corrected chi connectivity index (χ4v) is 3.10. The molecule has 0 spiro atoms. The minimum atomic E-state index is -0.703. The molecule has 0 radical (unpaired) electrons. The molecule has 0 saturated carbocycles. The normalized spacial score (nSPS) is 20.1. The molecule has 2 heterocycles. The Labute approximate surface area is 111 Å². The van der Waals surface area contributed by atoms with Crippen LogP contribution in [0.2, 0.25) is 0 Å². The van der Waals surface area contributed by atoms with Crippen molar-refractivity contribution in [3.8, 4) is 0 Å². The highest BCUT2D eigenvalue weighted by molar-refractivity contribution is 7.09. The van der Waals surface area contributed by atoms with Crippen LogP contribution >= 0.6 is 11.5 Å². The first-order valence-corrected chi connectivity index (χ1v) is 7.25. The number of carboxylic acid groups (broad SMARTS) is 1. The van der Waals surface area contributed by atoms with Crippen LogP contribution in [0.25, 0.3) is 0 Å². The SMILES string of the molecule is CCCc1nsc(N2CCCC(CC(=O)O)C2)n1. The van der Waals surface area contributed by atoms with Crippen LogP contribution in [0.3, 0.4) is 0 Å². The average Bonchev–Trinajstić information content (AvgIpc) is 2.78. The highest BCUT2D eigenvalue weighted by Gasteiger charge is 2.24. The molecule has 1 fully saturated rings. The Bertz CT molecular complexity index is 408. The van der Waals surface area contributed by atoms with E-state index in [9.17, 15) is 4.79 Å². The number of piperidine rings is 1. The highest BCUT2D eigenvalue weighted by Crippen LogP contribution is 2.26. The van der Waals surface area contributed by atoms with Gasteiger partial charge in [-0.1, -0.05) is 6.92 Å². The Balaban J connectivity index is 1.96. The van der Waals surface area contributed by atoms with Crippen LogP contribution in [0.1, 0.15) is 38.4 Å². The molecule has 0 bridgehead atoms. The number of hydrogen-bond acceptors (Lipinski definition) is 5. The molecule has 1 aliphatic rings. The Hall–Kier alpha value is -1.17. The summed E-state index contributed by atoms with van der Waals surface area (Å²) in [5.41, 5.74) is 0. The summed E-state index contributed by atoms with van der Waals surface area (Å²) in [7, 11) is 0. The largest absolute Gasteiger partial charge is 0.481 e. The summed E-state index contributed by atoms with van der Waals surface area (Å²) in [6, 6.07) is 0. The number of carboxylic acids is 1. The number of hydrogen-bond donors (Lipinski definition) is 1. The van der Waals surface area contributed by atoms with Crippen molar-refractivity contribution in [2.24, 2.45) is 5.92 Å². The summed E-state index contributed by atoms with van der Waals surface area (Å²) >= 11 is 1.43. The van der Waals surface area contributed by atoms with Gasteiger partial charge in [0.1, 0.15) is 5.82 Å². The number of nitrogens with zero attached hydrogens (tertiary/aromatic N) is 3. The third kappa shape index (κ3) is 3.41. The first kappa shape index (κ1) is 13.3. The quantitative estimate of drug-likeness (QED) is 0.887. The highest BCUT2D eigenvalue weighted by atomic mass is 32.1. The molecule has 2 rings (SSSR count). The lowest BCUT2D eigenvalue weighted by Crippen LogP contribution is -2.36. The topological polar surface area (TPSA) is 66.3 Å². The molecule has 1 aliphatic heterocycles. The summed E-state index contributed by atoms with van der Waals surface area (Å²) in [5.74, 6) is 0.457. The van der Waals surface area contributed by atoms with Crippen LogP contribution in [0, 0.1) is 5.92 Å². The van der Waals surface area contributed by atoms with Gasteiger partial charge >= 0.3 is 5.97 Å². The Morgan fingerprint density at radius 2 is 2.44 bits per heavy atom. The van der Waals surface area contributed by atoms with Crippen molar-refractivity contribution in [1.82, 2.24) is 9.36 Å². The second-order valence-electron chi connectivity index (χ2n) is 4.80. The molecule has 5 nitrogen and oxygen atoms in total. The molecule has 0 amide bonds. The Kier molecular flexibility index (Phi) is 4.52. The Morgan fingerprint density at radius 3 is 3.17 bits per heavy atom. The summed E-state index contributed by atoms with van der Waals surface area (Å²) in [4.78, 5) is 17.5. The molecule has 6 heteroatoms. The standard InChI is InChI=1S/C12H19N3O2S/c1-2-4-10-13-12(18-14-10)15-6-3-5-9(8-15)7-11(16)17/h9H,2-8H2,1H3,(H,16,17). The maximum absolute atomic E-state index is 10.8. The predicted octanol–water partition coefficient (Wildman–Crippen LogP) is 2.18. The van der Waals surface area contributed by atoms with Gasteiger partial charge in [-0.3, -0.25) is 4.79 Å². The zero-order valence-electron chi connectivity index (χ0n) is 10.6. The molecule has 1 aromatic heterocycles. The third-order valence-electron chi connectivity index (χ3n) is 3.18. The summed E-state index contributed by atoms with van der Waals surface area (Å²) in [6.45, 7) is 3.88. The van der Waals surface area contributed by atoms with E-state index >= 15 is 0 Å². The van der Waals surface area contributed by atoms with E-state index in [-0.39, 0.29) is 12.3 Å². The molecular weight excluding hydrogens is 250 g/mol. The van der Waals surface area contributed by atoms with Crippen molar-refractivity contribution >= 4 is 22.6 Å². The minimum Gasteiger partial charge on any atom is -0.481 e. The van der Waals surface area contributed by atoms with E-state index in [0.29, 0.717) is 0 Å². The number of anilines is 1. The van der Waals surface area contributed by atoms with Gasteiger partial charge in [0.25, 0.3) is 0 Å². The van der Waals surface area contributed by atoms with Crippen molar-refractivity contribution < 1.29 is 9.90 Å². The van der Waals surface area contributed by atoms with Crippen LogP contribution in [-0.4, -0.2) is 33.5 Å². The van der Waals surface area contributed by atoms with Gasteiger partial charge in [-0.25, -0.2) is 4.98 Å². The van der Waals surface area contributed by atoms with E-state index in [1.807, 2.05) is 0 Å². The van der Waals surface area contributed by atoms with E-state index in [1.54, 1.807) is 0 Å². The van der Waals surface area contributed by atoms with Gasteiger partial charge in [0.2, 0.25) is 5.13 Å². The van der Waals surface area contributed by atoms with E-state index in [2.05, 4.69) is 21.2 Å². The second kappa shape index (κ2) is 6.13. The monoisotopic (exact) mass is 269 g/mol. The van der Waals surface area contributed by atoms with E-state index in [1.165, 1.54) is 11.5 Å². The van der Waals surface area contributed by atoms with E-state index < -0.39 is 5.97 Å². The fourth-order valence-electron chi connectivity index (χ4n) is 2.35. The fraction of sp³-hybridized carbons (Fsp3) is 0.750. The lowest BCUT2D eigenvalue weighted by atomic mass is 9.95. The van der Waals surface area contributed by atoms with Crippen molar-refractivity contribution in [3.05, 3.63) is 5.82 Å². The van der Waals surface area contributed by atoms with Gasteiger partial charge in [0.05, 0.1) is 0 Å². The number of aliphatic carboxylic acids is 1. The van der Waals surface area contributed by atoms with E-state index in [0.717, 1.165) is 49.7 Å². The molecule has 1 N–H and O–H groups in total. The van der Waals surface area contributed by atoms with Gasteiger partial charge in [0, 0.05) is 37.5 Å². The Morgan fingerprint density at radius 1 is 1.61 bits per heavy atom. The maximum Gasteiger partial charge on any atom is 0.303 e. The van der Waals surface area contributed by atoms with Gasteiger partial charge in [-0.2, -0.15) is 4.37 Å². The van der Waals surface area contributed by atoms with Crippen molar-refractivity contribution in [2.45, 2.75) is 39.0 Å². The molecule has 1 aromatic rings. The van der Waals surface area contributed by atoms with Gasteiger partial charge in [-0.15, -0.1) is 0 Å². The molecule has 0 aromatic carbocycles. The van der Waals surface area contributed by atoms with Crippen LogP contribution < -0.4 is 4.90 Å². The lowest BCUT2D eigenvalue weighted by molar-refractivity contribution is -0.138. The third-order valence-corrected chi connectivity index (χ3v) is 4.00. The van der Waals surface area contributed by atoms with Crippen LogP contribution in [0.15, 0.2) is 0 Å². The van der Waals surface area contributed by atoms with Gasteiger partial charge in [-0.05, 0) is 25.2 Å². The summed E-state index contributed by atoms with van der Waals surface area (Å²) in [5, 5.41) is 9.81. The first-order chi connectivity index (χ1) is 8.69. The van der Waals surface area contributed by atoms with Crippen molar-refractivity contribution in [3.63, 3.8) is 0 Å². The average molecular weight is 269 g/mol. The lowest BCUT2D eigenvalue weighted by Gasteiger charge is -2.31. The van der Waals surface area contributed by atoms with Gasteiger partial charge < -0.3 is 10.0 Å². The van der Waals surface area contributed by atoms with Crippen molar-refractivity contribution in [2.75, 3.05) is 18.0 Å². The molecular formula is C12H19N3O2S. The zero-order chi connectivity index (χ0) is 13.0. The van der Waals surface area contributed by atoms with E-state index in [4.69, 9.17) is 5.11 Å². The number of carbonyl (C=O) groups is 1. The number of aryl methyl sites for hydroxylation is 1. The maximum atomic E-state index is 10.8. The second-order valence-corrected chi connectivity index (χ2v) is 5.53. The molecule has 1 unspecified atom stereocenters. The molecule has 1 saturated heterocycles. The van der Waals surface area contributed by atoms with Crippen molar-refractivity contribution in [1.29, 1.82) is 0 Å². The minimum absolute atomic E-state index is 0.245. The van der Waals surface area contributed by atoms with Gasteiger partial charge in [0.15, 0.2) is 0 Å².